The summed E-state index contributed by atoms with van der Waals surface area (Å²) >= 11 is 0. The predicted octanol–water partition coefficient (Wildman–Crippen LogP) is 1.32. The van der Waals surface area contributed by atoms with Gasteiger partial charge < -0.3 is 20.1 Å². The van der Waals surface area contributed by atoms with E-state index in [2.05, 4.69) is 0 Å². The van der Waals surface area contributed by atoms with E-state index >= 15 is 0 Å². The Bertz CT molecular complexity index is 561. The molecule has 1 aromatic rings. The first-order valence-corrected chi connectivity index (χ1v) is 7.80. The molecule has 2 rings (SSSR count). The maximum Gasteiger partial charge on any atom is 0.248 e. The van der Waals surface area contributed by atoms with E-state index in [1.807, 2.05) is 31.2 Å². The molecule has 0 aliphatic carbocycles. The Balaban J connectivity index is 1.84. The Morgan fingerprint density at radius 2 is 2.13 bits per heavy atom. The molecule has 0 spiro atoms. The number of ether oxygens (including phenoxy) is 2. The number of carbonyl (C=O) groups excluding carboxylic acids is 2. The summed E-state index contributed by atoms with van der Waals surface area (Å²) in [5, 5.41) is 0. The van der Waals surface area contributed by atoms with E-state index in [1.54, 1.807) is 12.0 Å². The summed E-state index contributed by atoms with van der Waals surface area (Å²) in [7, 11) is 1.61. The van der Waals surface area contributed by atoms with Gasteiger partial charge in [-0.05, 0) is 37.5 Å². The molecule has 6 nitrogen and oxygen atoms in total. The second kappa shape index (κ2) is 7.97. The summed E-state index contributed by atoms with van der Waals surface area (Å²) in [6, 6.07) is 7.63. The molecule has 0 unspecified atom stereocenters. The van der Waals surface area contributed by atoms with Crippen molar-refractivity contribution in [1.29, 1.82) is 0 Å². The molecule has 2 N–H and O–H groups in total. The van der Waals surface area contributed by atoms with Crippen LogP contribution in [0.2, 0.25) is 0 Å². The lowest BCUT2D eigenvalue weighted by molar-refractivity contribution is -0.142. The number of nitrogens with zero attached hydrogens (tertiary/aromatic N) is 1. The lowest BCUT2D eigenvalue weighted by atomic mass is 9.93. The van der Waals surface area contributed by atoms with Crippen LogP contribution in [-0.4, -0.2) is 43.0 Å². The van der Waals surface area contributed by atoms with Gasteiger partial charge in [0, 0.05) is 12.6 Å². The van der Waals surface area contributed by atoms with Gasteiger partial charge in [0.25, 0.3) is 0 Å². The third-order valence-corrected chi connectivity index (χ3v) is 4.23. The minimum Gasteiger partial charge on any atom is -0.497 e. The summed E-state index contributed by atoms with van der Waals surface area (Å²) in [5.41, 5.74) is 6.30. The molecule has 23 heavy (non-hydrogen) atoms. The van der Waals surface area contributed by atoms with Crippen molar-refractivity contribution in [2.24, 2.45) is 11.7 Å². The molecule has 0 radical (unpaired) electrons. The molecule has 1 aliphatic heterocycles. The molecule has 1 heterocycles. The minimum atomic E-state index is -0.341. The molecule has 1 aromatic carbocycles. The summed E-state index contributed by atoms with van der Waals surface area (Å²) in [6.45, 7) is 2.70. The van der Waals surface area contributed by atoms with Crippen LogP contribution in [0.1, 0.15) is 25.3 Å². The second-order valence-electron chi connectivity index (χ2n) is 5.92. The third-order valence-electron chi connectivity index (χ3n) is 4.23. The number of primary amides is 1. The summed E-state index contributed by atoms with van der Waals surface area (Å²) < 4.78 is 10.7. The highest BCUT2D eigenvalue weighted by molar-refractivity contribution is 5.81. The average Bonchev–Trinajstić information content (AvgIpc) is 2.55. The highest BCUT2D eigenvalue weighted by atomic mass is 16.5. The van der Waals surface area contributed by atoms with Crippen LogP contribution >= 0.6 is 0 Å². The van der Waals surface area contributed by atoms with Crippen LogP contribution in [0.25, 0.3) is 0 Å². The van der Waals surface area contributed by atoms with Crippen LogP contribution in [0.3, 0.4) is 0 Å². The lowest BCUT2D eigenvalue weighted by Crippen LogP contribution is -2.49. The van der Waals surface area contributed by atoms with Crippen LogP contribution < -0.4 is 10.5 Å². The van der Waals surface area contributed by atoms with Crippen molar-refractivity contribution in [2.45, 2.75) is 32.4 Å². The maximum atomic E-state index is 12.3. The fraction of sp³-hybridized carbons (Fsp3) is 0.529. The number of likely N-dealkylation sites (tertiary alicyclic amines) is 1. The third kappa shape index (κ3) is 4.69. The second-order valence-corrected chi connectivity index (χ2v) is 5.92. The van der Waals surface area contributed by atoms with Crippen molar-refractivity contribution in [3.63, 3.8) is 0 Å². The Hall–Kier alpha value is -2.08. The SMILES string of the molecule is COc1cccc(COCC(=O)N2C[C@H](C(N)=O)CC[C@@H]2C)c1. The van der Waals surface area contributed by atoms with Gasteiger partial charge in [0.2, 0.25) is 11.8 Å². The Morgan fingerprint density at radius 1 is 1.35 bits per heavy atom. The maximum absolute atomic E-state index is 12.3. The molecule has 6 heteroatoms. The lowest BCUT2D eigenvalue weighted by Gasteiger charge is -2.36. The molecular weight excluding hydrogens is 296 g/mol. The standard InChI is InChI=1S/C17H24N2O4/c1-12-6-7-14(17(18)21)9-19(12)16(20)11-23-10-13-4-3-5-15(8-13)22-2/h3-5,8,12,14H,6-7,9-11H2,1-2H3,(H2,18,21)/t12-,14+/m0/s1. The number of rotatable bonds is 6. The summed E-state index contributed by atoms with van der Waals surface area (Å²) in [6.07, 6.45) is 1.53. The van der Waals surface area contributed by atoms with Crippen molar-refractivity contribution in [2.75, 3.05) is 20.3 Å². The molecule has 2 amide bonds. The van der Waals surface area contributed by atoms with E-state index in [1.165, 1.54) is 0 Å². The van der Waals surface area contributed by atoms with Crippen molar-refractivity contribution >= 4 is 11.8 Å². The van der Waals surface area contributed by atoms with Crippen molar-refractivity contribution < 1.29 is 19.1 Å². The van der Waals surface area contributed by atoms with Gasteiger partial charge in [-0.2, -0.15) is 0 Å². The largest absolute Gasteiger partial charge is 0.497 e. The molecule has 0 bridgehead atoms. The number of amides is 2. The number of carbonyl (C=O) groups is 2. The van der Waals surface area contributed by atoms with Gasteiger partial charge in [0.1, 0.15) is 12.4 Å². The van der Waals surface area contributed by atoms with Gasteiger partial charge in [0.05, 0.1) is 19.6 Å². The monoisotopic (exact) mass is 320 g/mol. The molecule has 0 saturated carbocycles. The average molecular weight is 320 g/mol. The smallest absolute Gasteiger partial charge is 0.248 e. The Kier molecular flexibility index (Phi) is 5.98. The number of benzene rings is 1. The number of hydrogen-bond acceptors (Lipinski definition) is 4. The van der Waals surface area contributed by atoms with E-state index in [0.717, 1.165) is 24.2 Å². The van der Waals surface area contributed by atoms with Crippen LogP contribution in [0, 0.1) is 5.92 Å². The van der Waals surface area contributed by atoms with Gasteiger partial charge in [0.15, 0.2) is 0 Å². The van der Waals surface area contributed by atoms with Crippen molar-refractivity contribution in [3.8, 4) is 5.75 Å². The van der Waals surface area contributed by atoms with Gasteiger partial charge in [-0.15, -0.1) is 0 Å². The number of hydrogen-bond donors (Lipinski definition) is 1. The summed E-state index contributed by atoms with van der Waals surface area (Å²) in [4.78, 5) is 25.3. The number of piperidine rings is 1. The summed E-state index contributed by atoms with van der Waals surface area (Å²) in [5.74, 6) is 0.0539. The van der Waals surface area contributed by atoms with E-state index in [0.29, 0.717) is 13.2 Å². The molecule has 0 aromatic heterocycles. The zero-order chi connectivity index (χ0) is 16.8. The topological polar surface area (TPSA) is 81.9 Å². The first kappa shape index (κ1) is 17.3. The number of nitrogens with two attached hydrogens (primary N) is 1. The van der Waals surface area contributed by atoms with Crippen LogP contribution in [0.4, 0.5) is 0 Å². The molecule has 126 valence electrons. The van der Waals surface area contributed by atoms with E-state index in [4.69, 9.17) is 15.2 Å². The van der Waals surface area contributed by atoms with Gasteiger partial charge >= 0.3 is 0 Å². The van der Waals surface area contributed by atoms with Gasteiger partial charge in [-0.3, -0.25) is 9.59 Å². The first-order chi connectivity index (χ1) is 11.0. The quantitative estimate of drug-likeness (QED) is 0.857. The Morgan fingerprint density at radius 3 is 2.83 bits per heavy atom. The highest BCUT2D eigenvalue weighted by Crippen LogP contribution is 2.22. The highest BCUT2D eigenvalue weighted by Gasteiger charge is 2.31. The fourth-order valence-corrected chi connectivity index (χ4v) is 2.79. The zero-order valence-corrected chi connectivity index (χ0v) is 13.7. The fourth-order valence-electron chi connectivity index (χ4n) is 2.79. The van der Waals surface area contributed by atoms with E-state index in [-0.39, 0.29) is 30.4 Å². The van der Waals surface area contributed by atoms with E-state index in [9.17, 15) is 9.59 Å². The minimum absolute atomic E-state index is 0.00691. The van der Waals surface area contributed by atoms with Crippen LogP contribution in [-0.2, 0) is 20.9 Å². The van der Waals surface area contributed by atoms with Crippen LogP contribution in [0.15, 0.2) is 24.3 Å². The Labute approximate surface area is 136 Å². The number of methoxy groups -OCH3 is 1. The molecule has 2 atom stereocenters. The van der Waals surface area contributed by atoms with Crippen molar-refractivity contribution in [3.05, 3.63) is 29.8 Å². The zero-order valence-electron chi connectivity index (χ0n) is 13.7. The van der Waals surface area contributed by atoms with E-state index < -0.39 is 0 Å². The predicted molar refractivity (Wildman–Crippen MR) is 85.7 cm³/mol. The molecule has 1 aliphatic rings. The van der Waals surface area contributed by atoms with Gasteiger partial charge in [-0.1, -0.05) is 12.1 Å². The molecular formula is C17H24N2O4. The van der Waals surface area contributed by atoms with Crippen LogP contribution in [0.5, 0.6) is 5.75 Å². The van der Waals surface area contributed by atoms with Crippen molar-refractivity contribution in [1.82, 2.24) is 4.90 Å². The normalized spacial score (nSPS) is 21.0. The first-order valence-electron chi connectivity index (χ1n) is 7.80. The molecule has 1 fully saturated rings. The molecule has 1 saturated heterocycles. The van der Waals surface area contributed by atoms with Gasteiger partial charge in [-0.25, -0.2) is 0 Å².